The van der Waals surface area contributed by atoms with Crippen molar-refractivity contribution >= 4 is 17.0 Å². The van der Waals surface area contributed by atoms with E-state index in [-0.39, 0.29) is 17.5 Å². The van der Waals surface area contributed by atoms with E-state index >= 15 is 0 Å². The molecule has 0 amide bonds. The Kier molecular flexibility index (Phi) is 4.09. The molecule has 2 aromatic rings. The lowest BCUT2D eigenvalue weighted by Gasteiger charge is -2.23. The van der Waals surface area contributed by atoms with Gasteiger partial charge in [-0.25, -0.2) is 4.39 Å². The number of nitrogens with zero attached hydrogens (tertiary/aromatic N) is 1. The van der Waals surface area contributed by atoms with Crippen LogP contribution in [0.5, 0.6) is 0 Å². The van der Waals surface area contributed by atoms with Crippen molar-refractivity contribution in [3.63, 3.8) is 0 Å². The lowest BCUT2D eigenvalue weighted by molar-refractivity contribution is 0.0120. The summed E-state index contributed by atoms with van der Waals surface area (Å²) in [5, 5.41) is 5.54. The summed E-state index contributed by atoms with van der Waals surface area (Å²) in [5.41, 5.74) is 0.812. The van der Waals surface area contributed by atoms with Gasteiger partial charge in [-0.3, -0.25) is 4.90 Å². The molecule has 1 spiro atoms. The van der Waals surface area contributed by atoms with Crippen molar-refractivity contribution in [3.8, 4) is 0 Å². The van der Waals surface area contributed by atoms with Crippen molar-refractivity contribution in [1.82, 2.24) is 4.90 Å². The fraction of sp³-hybridized carbons (Fsp3) is 0.444. The number of halogens is 1. The Morgan fingerprint density at radius 2 is 2.30 bits per heavy atom. The number of nitrogens with one attached hydrogen (secondary N) is 1. The van der Waals surface area contributed by atoms with Crippen LogP contribution in [0.2, 0.25) is 0 Å². The summed E-state index contributed by atoms with van der Waals surface area (Å²) in [5.74, 6) is -0.202. The van der Waals surface area contributed by atoms with Gasteiger partial charge in [0, 0.05) is 36.6 Å². The van der Waals surface area contributed by atoms with E-state index < -0.39 is 0 Å². The van der Waals surface area contributed by atoms with E-state index in [1.807, 2.05) is 17.4 Å². The topological polar surface area (TPSA) is 24.5 Å². The number of rotatable bonds is 4. The second-order valence-corrected chi connectivity index (χ2v) is 7.62. The van der Waals surface area contributed by atoms with Gasteiger partial charge in [0.1, 0.15) is 5.82 Å². The average molecular weight is 332 g/mol. The summed E-state index contributed by atoms with van der Waals surface area (Å²) >= 11 is 1.81. The van der Waals surface area contributed by atoms with Crippen LogP contribution in [0.1, 0.15) is 17.7 Å². The summed E-state index contributed by atoms with van der Waals surface area (Å²) in [7, 11) is 0. The number of hydrogen-bond donors (Lipinski definition) is 1. The van der Waals surface area contributed by atoms with Crippen LogP contribution in [0.3, 0.4) is 0 Å². The molecule has 4 rings (SSSR count). The minimum atomic E-state index is -0.202. The maximum Gasteiger partial charge on any atom is 0.125 e. The van der Waals surface area contributed by atoms with Gasteiger partial charge in [-0.2, -0.15) is 0 Å². The van der Waals surface area contributed by atoms with E-state index in [0.717, 1.165) is 38.2 Å². The Bertz CT molecular complexity index is 663. The molecule has 5 heteroatoms. The van der Waals surface area contributed by atoms with E-state index in [1.54, 1.807) is 12.1 Å². The number of thiophene rings is 1. The molecule has 0 aliphatic carbocycles. The number of ether oxygens (including phenoxy) is 1. The van der Waals surface area contributed by atoms with Gasteiger partial charge in [-0.05, 0) is 36.1 Å². The molecule has 0 unspecified atom stereocenters. The third-order valence-electron chi connectivity index (χ3n) is 4.76. The van der Waals surface area contributed by atoms with Crippen molar-refractivity contribution in [2.24, 2.45) is 0 Å². The Hall–Kier alpha value is -1.43. The van der Waals surface area contributed by atoms with Crippen LogP contribution in [0.4, 0.5) is 10.1 Å². The van der Waals surface area contributed by atoms with Gasteiger partial charge >= 0.3 is 0 Å². The largest absolute Gasteiger partial charge is 0.380 e. The van der Waals surface area contributed by atoms with Gasteiger partial charge in [0.05, 0.1) is 18.2 Å². The van der Waals surface area contributed by atoms with Gasteiger partial charge in [0.2, 0.25) is 0 Å². The van der Waals surface area contributed by atoms with E-state index in [2.05, 4.69) is 27.7 Å². The van der Waals surface area contributed by atoms with Crippen molar-refractivity contribution in [1.29, 1.82) is 0 Å². The number of anilines is 1. The first-order valence-electron chi connectivity index (χ1n) is 8.12. The van der Waals surface area contributed by atoms with E-state index in [4.69, 9.17) is 4.74 Å². The van der Waals surface area contributed by atoms with Crippen molar-refractivity contribution in [2.75, 3.05) is 25.0 Å². The highest BCUT2D eigenvalue weighted by Crippen LogP contribution is 2.37. The van der Waals surface area contributed by atoms with E-state index in [1.165, 1.54) is 10.9 Å². The third-order valence-corrected chi connectivity index (χ3v) is 5.62. The Morgan fingerprint density at radius 3 is 3.13 bits per heavy atom. The highest BCUT2D eigenvalue weighted by atomic mass is 32.1. The minimum absolute atomic E-state index is 0.0255. The molecule has 122 valence electrons. The normalized spacial score (nSPS) is 27.8. The molecule has 2 atom stereocenters. The van der Waals surface area contributed by atoms with Crippen molar-refractivity contribution < 1.29 is 9.13 Å². The molecule has 1 aromatic carbocycles. The monoisotopic (exact) mass is 332 g/mol. The molecule has 2 fully saturated rings. The molecule has 0 bridgehead atoms. The molecule has 0 saturated carbocycles. The second-order valence-electron chi connectivity index (χ2n) is 6.59. The fourth-order valence-corrected chi connectivity index (χ4v) is 4.47. The average Bonchev–Trinajstić information content (AvgIpc) is 3.24. The van der Waals surface area contributed by atoms with Crippen LogP contribution in [-0.4, -0.2) is 36.2 Å². The summed E-state index contributed by atoms with van der Waals surface area (Å²) in [4.78, 5) is 3.89. The Labute approximate surface area is 140 Å². The van der Waals surface area contributed by atoms with E-state index in [9.17, 15) is 4.39 Å². The summed E-state index contributed by atoms with van der Waals surface area (Å²) in [6.07, 6.45) is 2.07. The standard InChI is InChI=1S/C18H21FN2OS/c19-14-3-1-4-15(9-14)20-16-10-18(22-12-16)6-7-21(13-18)11-17-5-2-8-23-17/h1-5,8-9,16,20H,6-7,10-13H2/t16-,18+/m0/s1. The van der Waals surface area contributed by atoms with Gasteiger partial charge in [-0.1, -0.05) is 12.1 Å². The molecule has 2 aliphatic heterocycles. The molecule has 1 N–H and O–H groups in total. The van der Waals surface area contributed by atoms with Crippen molar-refractivity contribution in [3.05, 3.63) is 52.5 Å². The first-order valence-corrected chi connectivity index (χ1v) is 9.00. The van der Waals surface area contributed by atoms with Crippen LogP contribution in [-0.2, 0) is 11.3 Å². The van der Waals surface area contributed by atoms with E-state index in [0.29, 0.717) is 6.61 Å². The quantitative estimate of drug-likeness (QED) is 0.923. The van der Waals surface area contributed by atoms with Gasteiger partial charge < -0.3 is 10.1 Å². The zero-order valence-electron chi connectivity index (χ0n) is 13.0. The first kappa shape index (κ1) is 15.1. The highest BCUT2D eigenvalue weighted by Gasteiger charge is 2.45. The zero-order valence-corrected chi connectivity index (χ0v) is 13.8. The highest BCUT2D eigenvalue weighted by molar-refractivity contribution is 7.09. The summed E-state index contributed by atoms with van der Waals surface area (Å²) in [6, 6.07) is 11.2. The predicted octanol–water partition coefficient (Wildman–Crippen LogP) is 3.73. The number of benzene rings is 1. The van der Waals surface area contributed by atoms with Gasteiger partial charge in [0.25, 0.3) is 0 Å². The van der Waals surface area contributed by atoms with Gasteiger partial charge in [-0.15, -0.1) is 11.3 Å². The third kappa shape index (κ3) is 3.42. The molecule has 2 saturated heterocycles. The summed E-state index contributed by atoms with van der Waals surface area (Å²) < 4.78 is 19.5. The van der Waals surface area contributed by atoms with Crippen molar-refractivity contribution in [2.45, 2.75) is 31.0 Å². The lowest BCUT2D eigenvalue weighted by Crippen LogP contribution is -2.33. The number of likely N-dealkylation sites (tertiary alicyclic amines) is 1. The van der Waals surface area contributed by atoms with Crippen LogP contribution >= 0.6 is 11.3 Å². The SMILES string of the molecule is Fc1cccc(N[C@@H]2CO[C@]3(CCN(Cc4cccs4)C3)C2)c1. The molecule has 3 nitrogen and oxygen atoms in total. The fourth-order valence-electron chi connectivity index (χ4n) is 3.72. The van der Waals surface area contributed by atoms with Crippen LogP contribution in [0.25, 0.3) is 0 Å². The maximum atomic E-state index is 13.3. The smallest absolute Gasteiger partial charge is 0.125 e. The predicted molar refractivity (Wildman–Crippen MR) is 91.3 cm³/mol. The molecule has 23 heavy (non-hydrogen) atoms. The molecule has 3 heterocycles. The molecular weight excluding hydrogens is 311 g/mol. The Morgan fingerprint density at radius 1 is 1.35 bits per heavy atom. The number of hydrogen-bond acceptors (Lipinski definition) is 4. The molecule has 1 aromatic heterocycles. The van der Waals surface area contributed by atoms with Crippen LogP contribution < -0.4 is 5.32 Å². The maximum absolute atomic E-state index is 13.3. The van der Waals surface area contributed by atoms with Gasteiger partial charge in [0.15, 0.2) is 0 Å². The molecule has 2 aliphatic rings. The second kappa shape index (κ2) is 6.23. The Balaban J connectivity index is 1.34. The zero-order chi connectivity index (χ0) is 15.7. The molecule has 0 radical (unpaired) electrons. The minimum Gasteiger partial charge on any atom is -0.380 e. The first-order chi connectivity index (χ1) is 11.2. The van der Waals surface area contributed by atoms with Crippen LogP contribution in [0.15, 0.2) is 41.8 Å². The summed E-state index contributed by atoms with van der Waals surface area (Å²) in [6.45, 7) is 3.80. The lowest BCUT2D eigenvalue weighted by atomic mass is 9.97. The molecular formula is C18H21FN2OS. The van der Waals surface area contributed by atoms with Crippen LogP contribution in [0, 0.1) is 5.82 Å².